The van der Waals surface area contributed by atoms with Crippen molar-refractivity contribution in [1.29, 1.82) is 0 Å². The molecule has 0 radical (unpaired) electrons. The second-order valence-electron chi connectivity index (χ2n) is 13.4. The van der Waals surface area contributed by atoms with Gasteiger partial charge in [-0.2, -0.15) is 0 Å². The van der Waals surface area contributed by atoms with E-state index >= 15 is 0 Å². The van der Waals surface area contributed by atoms with E-state index in [0.717, 1.165) is 38.5 Å². The van der Waals surface area contributed by atoms with Crippen molar-refractivity contribution in [3.05, 3.63) is 0 Å². The molecule has 0 heterocycles. The van der Waals surface area contributed by atoms with E-state index in [1.54, 1.807) is 0 Å². The monoisotopic (exact) mass is 625 g/mol. The van der Waals surface area contributed by atoms with Gasteiger partial charge in [0.1, 0.15) is 6.61 Å². The van der Waals surface area contributed by atoms with Crippen LogP contribution in [0.4, 0.5) is 0 Å². The zero-order valence-corrected chi connectivity index (χ0v) is 29.7. The fraction of sp³-hybridized carbons (Fsp3) is 0.949. The van der Waals surface area contributed by atoms with E-state index < -0.39 is 6.10 Å². The van der Waals surface area contributed by atoms with Crippen LogP contribution in [-0.2, 0) is 19.1 Å². The second-order valence-corrected chi connectivity index (χ2v) is 13.4. The average molecular weight is 625 g/mol. The summed E-state index contributed by atoms with van der Waals surface area (Å²) in [5.41, 5.74) is 0. The quantitative estimate of drug-likeness (QED) is 0.0554. The molecule has 1 atom stereocenters. The van der Waals surface area contributed by atoms with Crippen LogP contribution in [0.15, 0.2) is 0 Å². The van der Waals surface area contributed by atoms with Crippen molar-refractivity contribution in [2.75, 3.05) is 13.2 Å². The van der Waals surface area contributed by atoms with Crippen molar-refractivity contribution >= 4 is 11.9 Å². The third-order valence-corrected chi connectivity index (χ3v) is 8.90. The Morgan fingerprint density at radius 2 is 0.705 bits per heavy atom. The molecule has 0 aliphatic heterocycles. The molecule has 0 fully saturated rings. The number of hydrogen-bond acceptors (Lipinski definition) is 5. The maximum absolute atomic E-state index is 12.1. The number of hydrogen-bond donors (Lipinski definition) is 1. The van der Waals surface area contributed by atoms with Crippen molar-refractivity contribution < 1.29 is 24.2 Å². The molecule has 5 heteroatoms. The number of carbonyl (C=O) groups excluding carboxylic acids is 2. The van der Waals surface area contributed by atoms with Gasteiger partial charge in [0, 0.05) is 12.8 Å². The SMILES string of the molecule is CCCCCCCCCCCCCCCCCCCCCCCCCC(=O)OC(CO)COC(=O)CCCCCCCCC. The molecule has 0 aliphatic carbocycles. The maximum atomic E-state index is 12.1. The van der Waals surface area contributed by atoms with E-state index in [1.807, 2.05) is 0 Å². The fourth-order valence-electron chi connectivity index (χ4n) is 5.91. The lowest BCUT2D eigenvalue weighted by molar-refractivity contribution is -0.161. The summed E-state index contributed by atoms with van der Waals surface area (Å²) in [6.45, 7) is 4.11. The summed E-state index contributed by atoms with van der Waals surface area (Å²) in [5, 5.41) is 9.49. The van der Waals surface area contributed by atoms with Gasteiger partial charge in [0.05, 0.1) is 6.61 Å². The molecule has 0 aromatic rings. The molecule has 0 aliphatic rings. The highest BCUT2D eigenvalue weighted by Crippen LogP contribution is 2.16. The molecule has 0 saturated carbocycles. The Morgan fingerprint density at radius 3 is 1.00 bits per heavy atom. The van der Waals surface area contributed by atoms with Crippen LogP contribution in [0, 0.1) is 0 Å². The lowest BCUT2D eigenvalue weighted by atomic mass is 10.0. The molecule has 0 saturated heterocycles. The van der Waals surface area contributed by atoms with Gasteiger partial charge in [0.25, 0.3) is 0 Å². The molecule has 262 valence electrons. The normalized spacial score (nSPS) is 12.0. The van der Waals surface area contributed by atoms with Crippen molar-refractivity contribution in [3.8, 4) is 0 Å². The molecule has 0 amide bonds. The zero-order chi connectivity index (χ0) is 32.2. The highest BCUT2D eigenvalue weighted by Gasteiger charge is 2.16. The molecular weight excluding hydrogens is 548 g/mol. The first kappa shape index (κ1) is 42.9. The molecule has 0 rings (SSSR count). The molecular formula is C39H76O5. The molecule has 0 aromatic carbocycles. The van der Waals surface area contributed by atoms with Gasteiger partial charge in [-0.25, -0.2) is 0 Å². The third-order valence-electron chi connectivity index (χ3n) is 8.90. The summed E-state index contributed by atoms with van der Waals surface area (Å²) >= 11 is 0. The van der Waals surface area contributed by atoms with Gasteiger partial charge in [-0.05, 0) is 12.8 Å². The van der Waals surface area contributed by atoms with Crippen LogP contribution < -0.4 is 0 Å². The van der Waals surface area contributed by atoms with Crippen LogP contribution in [0.3, 0.4) is 0 Å². The first-order chi connectivity index (χ1) is 21.6. The summed E-state index contributed by atoms with van der Waals surface area (Å²) in [6, 6.07) is 0. The van der Waals surface area contributed by atoms with Gasteiger partial charge in [0.2, 0.25) is 0 Å². The Labute approximate surface area is 274 Å². The van der Waals surface area contributed by atoms with Gasteiger partial charge in [0.15, 0.2) is 6.10 Å². The van der Waals surface area contributed by atoms with E-state index in [9.17, 15) is 14.7 Å². The molecule has 1 unspecified atom stereocenters. The second kappa shape index (κ2) is 36.4. The highest BCUT2D eigenvalue weighted by atomic mass is 16.6. The van der Waals surface area contributed by atoms with Crippen molar-refractivity contribution in [2.45, 2.75) is 225 Å². The Hall–Kier alpha value is -1.10. The molecule has 1 N–H and O–H groups in total. The summed E-state index contributed by atoms with van der Waals surface area (Å²) in [7, 11) is 0. The van der Waals surface area contributed by atoms with Crippen LogP contribution >= 0.6 is 0 Å². The lowest BCUT2D eigenvalue weighted by Gasteiger charge is -2.15. The highest BCUT2D eigenvalue weighted by molar-refractivity contribution is 5.70. The number of esters is 2. The van der Waals surface area contributed by atoms with Crippen molar-refractivity contribution in [2.24, 2.45) is 0 Å². The fourth-order valence-corrected chi connectivity index (χ4v) is 5.91. The Bertz CT molecular complexity index is 593. The van der Waals surface area contributed by atoms with E-state index in [2.05, 4.69) is 13.8 Å². The Balaban J connectivity index is 3.40. The van der Waals surface area contributed by atoms with Crippen LogP contribution in [0.5, 0.6) is 0 Å². The smallest absolute Gasteiger partial charge is 0.306 e. The van der Waals surface area contributed by atoms with Gasteiger partial charge in [-0.3, -0.25) is 9.59 Å². The minimum absolute atomic E-state index is 0.0586. The number of aliphatic hydroxyl groups is 1. The van der Waals surface area contributed by atoms with E-state index in [1.165, 1.54) is 154 Å². The van der Waals surface area contributed by atoms with Gasteiger partial charge in [-0.15, -0.1) is 0 Å². The Morgan fingerprint density at radius 1 is 0.432 bits per heavy atom. The van der Waals surface area contributed by atoms with E-state index in [-0.39, 0.29) is 25.2 Å². The molecule has 0 spiro atoms. The lowest BCUT2D eigenvalue weighted by Crippen LogP contribution is -2.28. The summed E-state index contributed by atoms with van der Waals surface area (Å²) in [6.07, 6.45) is 39.1. The van der Waals surface area contributed by atoms with Crippen LogP contribution in [0.25, 0.3) is 0 Å². The molecule has 0 bridgehead atoms. The van der Waals surface area contributed by atoms with Gasteiger partial charge >= 0.3 is 11.9 Å². The summed E-state index contributed by atoms with van der Waals surface area (Å²) < 4.78 is 10.5. The van der Waals surface area contributed by atoms with Crippen LogP contribution in [0.1, 0.15) is 219 Å². The molecule has 44 heavy (non-hydrogen) atoms. The third kappa shape index (κ3) is 33.8. The van der Waals surface area contributed by atoms with Crippen LogP contribution in [0.2, 0.25) is 0 Å². The van der Waals surface area contributed by atoms with Crippen molar-refractivity contribution in [1.82, 2.24) is 0 Å². The predicted octanol–water partition coefficient (Wildman–Crippen LogP) is 12.0. The topological polar surface area (TPSA) is 72.8 Å². The molecule has 0 aromatic heterocycles. The minimum atomic E-state index is -0.759. The minimum Gasteiger partial charge on any atom is -0.462 e. The largest absolute Gasteiger partial charge is 0.462 e. The average Bonchev–Trinajstić information content (AvgIpc) is 3.02. The van der Waals surface area contributed by atoms with Gasteiger partial charge < -0.3 is 14.6 Å². The summed E-state index contributed by atoms with van der Waals surface area (Å²) in [4.78, 5) is 24.0. The number of unbranched alkanes of at least 4 members (excludes halogenated alkanes) is 28. The first-order valence-corrected chi connectivity index (χ1v) is 19.6. The van der Waals surface area contributed by atoms with Gasteiger partial charge in [-0.1, -0.05) is 194 Å². The zero-order valence-electron chi connectivity index (χ0n) is 29.7. The predicted molar refractivity (Wildman–Crippen MR) is 187 cm³/mol. The number of aliphatic hydroxyl groups excluding tert-OH is 1. The Kier molecular flexibility index (Phi) is 35.5. The number of rotatable bonds is 36. The maximum Gasteiger partial charge on any atom is 0.306 e. The van der Waals surface area contributed by atoms with Crippen LogP contribution in [-0.4, -0.2) is 36.4 Å². The number of carbonyl (C=O) groups is 2. The van der Waals surface area contributed by atoms with Crippen molar-refractivity contribution in [3.63, 3.8) is 0 Å². The number of ether oxygens (including phenoxy) is 2. The summed E-state index contributed by atoms with van der Waals surface area (Å²) in [5.74, 6) is -0.585. The first-order valence-electron chi connectivity index (χ1n) is 19.6. The van der Waals surface area contributed by atoms with E-state index in [4.69, 9.17) is 9.47 Å². The standard InChI is InChI=1S/C39H76O5/c1-3-5-7-9-11-12-13-14-15-16-17-18-19-20-21-22-23-24-25-26-28-30-32-34-39(42)44-37(35-40)36-43-38(41)33-31-29-27-10-8-6-4-2/h37,40H,3-36H2,1-2H3. The molecule has 5 nitrogen and oxygen atoms in total. The van der Waals surface area contributed by atoms with E-state index in [0.29, 0.717) is 12.8 Å².